The van der Waals surface area contributed by atoms with Crippen molar-refractivity contribution < 1.29 is 0 Å². The highest BCUT2D eigenvalue weighted by Gasteiger charge is 2.25. The molecule has 20 heavy (non-hydrogen) atoms. The summed E-state index contributed by atoms with van der Waals surface area (Å²) in [7, 11) is 0. The van der Waals surface area contributed by atoms with Crippen LogP contribution in [0.3, 0.4) is 0 Å². The van der Waals surface area contributed by atoms with Gasteiger partial charge in [0.25, 0.3) is 0 Å². The summed E-state index contributed by atoms with van der Waals surface area (Å²) in [5.41, 5.74) is 8.98. The summed E-state index contributed by atoms with van der Waals surface area (Å²) >= 11 is 1.77. The fourth-order valence-corrected chi connectivity index (χ4v) is 4.66. The maximum Gasteiger partial charge on any atom is 0.167 e. The number of nitrogens with two attached hydrogens (primary N) is 1. The minimum atomic E-state index is 0.941. The quantitative estimate of drug-likeness (QED) is 0.876. The van der Waals surface area contributed by atoms with E-state index in [2.05, 4.69) is 14.8 Å². The number of anilines is 1. The van der Waals surface area contributed by atoms with Gasteiger partial charge >= 0.3 is 0 Å². The van der Waals surface area contributed by atoms with E-state index in [9.17, 15) is 0 Å². The van der Waals surface area contributed by atoms with Crippen LogP contribution in [0.4, 0.5) is 5.00 Å². The monoisotopic (exact) mass is 288 g/mol. The molecule has 0 atom stereocenters. The summed E-state index contributed by atoms with van der Waals surface area (Å²) < 4.78 is 2.32. The molecular weight excluding hydrogens is 268 g/mol. The van der Waals surface area contributed by atoms with Crippen molar-refractivity contribution in [2.45, 2.75) is 57.9 Å². The van der Waals surface area contributed by atoms with Crippen LogP contribution < -0.4 is 5.73 Å². The summed E-state index contributed by atoms with van der Waals surface area (Å²) in [6.07, 6.45) is 9.71. The summed E-state index contributed by atoms with van der Waals surface area (Å²) in [6.45, 7) is 1.04. The van der Waals surface area contributed by atoms with Crippen LogP contribution in [-0.2, 0) is 25.8 Å². The van der Waals surface area contributed by atoms with Crippen LogP contribution >= 0.6 is 11.3 Å². The summed E-state index contributed by atoms with van der Waals surface area (Å²) in [5, 5.41) is 9.86. The first-order valence-corrected chi connectivity index (χ1v) is 8.48. The molecule has 2 aromatic rings. The Morgan fingerprint density at radius 2 is 1.80 bits per heavy atom. The molecule has 1 aliphatic carbocycles. The lowest BCUT2D eigenvalue weighted by molar-refractivity contribution is 0.635. The third-order valence-electron chi connectivity index (χ3n) is 4.53. The van der Waals surface area contributed by atoms with Gasteiger partial charge in [-0.1, -0.05) is 6.42 Å². The number of hydrogen-bond acceptors (Lipinski definition) is 4. The average molecular weight is 288 g/mol. The number of aryl methyl sites for hydroxylation is 2. The van der Waals surface area contributed by atoms with E-state index in [0.29, 0.717) is 0 Å². The standard InChI is InChI=1S/C15H20N4S/c16-14-13(10-6-3-4-7-11(10)20-14)15-18-17-12-8-2-1-5-9-19(12)15/h1-9,16H2. The van der Waals surface area contributed by atoms with Gasteiger partial charge in [-0.3, -0.25) is 0 Å². The van der Waals surface area contributed by atoms with Gasteiger partial charge < -0.3 is 10.3 Å². The Kier molecular flexibility index (Phi) is 3.02. The lowest BCUT2D eigenvalue weighted by atomic mass is 9.95. The molecule has 3 heterocycles. The first-order chi connectivity index (χ1) is 9.84. The fraction of sp³-hybridized carbons (Fsp3) is 0.600. The molecular formula is C15H20N4S. The molecule has 0 saturated heterocycles. The Balaban J connectivity index is 1.85. The van der Waals surface area contributed by atoms with Crippen LogP contribution in [0.15, 0.2) is 0 Å². The van der Waals surface area contributed by atoms with Crippen LogP contribution in [0.5, 0.6) is 0 Å². The zero-order valence-electron chi connectivity index (χ0n) is 11.7. The number of nitrogen functional groups attached to an aromatic ring is 1. The van der Waals surface area contributed by atoms with Crippen LogP contribution in [-0.4, -0.2) is 14.8 Å². The van der Waals surface area contributed by atoms with Crippen molar-refractivity contribution in [2.24, 2.45) is 0 Å². The molecule has 1 aliphatic heterocycles. The van der Waals surface area contributed by atoms with Gasteiger partial charge in [-0.15, -0.1) is 21.5 Å². The van der Waals surface area contributed by atoms with Crippen molar-refractivity contribution in [3.05, 3.63) is 16.3 Å². The van der Waals surface area contributed by atoms with E-state index < -0.39 is 0 Å². The van der Waals surface area contributed by atoms with E-state index in [1.807, 2.05) is 0 Å². The summed E-state index contributed by atoms with van der Waals surface area (Å²) in [5.74, 6) is 2.17. The highest BCUT2D eigenvalue weighted by molar-refractivity contribution is 7.16. The average Bonchev–Trinajstić information content (AvgIpc) is 2.89. The molecule has 4 rings (SSSR count). The van der Waals surface area contributed by atoms with E-state index in [1.54, 1.807) is 11.3 Å². The molecule has 2 aromatic heterocycles. The second-order valence-electron chi connectivity index (χ2n) is 5.85. The van der Waals surface area contributed by atoms with Gasteiger partial charge in [-0.25, -0.2) is 0 Å². The predicted octanol–water partition coefficient (Wildman–Crippen LogP) is 3.19. The SMILES string of the molecule is Nc1sc2c(c1-c1nnc3n1CCCCC3)CCCC2. The second kappa shape index (κ2) is 4.88. The molecule has 2 aliphatic rings. The first-order valence-electron chi connectivity index (χ1n) is 7.67. The molecule has 4 nitrogen and oxygen atoms in total. The third kappa shape index (κ3) is 1.87. The molecule has 0 fully saturated rings. The van der Waals surface area contributed by atoms with Gasteiger partial charge in [0.1, 0.15) is 5.82 Å². The lowest BCUT2D eigenvalue weighted by Gasteiger charge is -2.13. The Hall–Kier alpha value is -1.36. The van der Waals surface area contributed by atoms with Crippen molar-refractivity contribution in [3.8, 4) is 11.4 Å². The van der Waals surface area contributed by atoms with Gasteiger partial charge in [0, 0.05) is 17.8 Å². The number of hydrogen-bond donors (Lipinski definition) is 1. The predicted molar refractivity (Wildman–Crippen MR) is 81.9 cm³/mol. The number of nitrogens with zero attached hydrogens (tertiary/aromatic N) is 3. The number of thiophene rings is 1. The van der Waals surface area contributed by atoms with Gasteiger partial charge in [-0.2, -0.15) is 0 Å². The summed E-state index contributed by atoms with van der Waals surface area (Å²) in [4.78, 5) is 1.48. The minimum absolute atomic E-state index is 0.941. The molecule has 0 aromatic carbocycles. The van der Waals surface area contributed by atoms with Crippen LogP contribution in [0.1, 0.15) is 48.4 Å². The zero-order valence-corrected chi connectivity index (χ0v) is 12.5. The fourth-order valence-electron chi connectivity index (χ4n) is 3.50. The number of rotatable bonds is 1. The third-order valence-corrected chi connectivity index (χ3v) is 5.65. The largest absolute Gasteiger partial charge is 0.390 e. The van der Waals surface area contributed by atoms with Crippen molar-refractivity contribution in [1.29, 1.82) is 0 Å². The van der Waals surface area contributed by atoms with Crippen LogP contribution in [0, 0.1) is 0 Å². The van der Waals surface area contributed by atoms with Gasteiger partial charge in [-0.05, 0) is 44.1 Å². The smallest absolute Gasteiger partial charge is 0.167 e. The van der Waals surface area contributed by atoms with Crippen molar-refractivity contribution in [1.82, 2.24) is 14.8 Å². The van der Waals surface area contributed by atoms with E-state index in [-0.39, 0.29) is 0 Å². The second-order valence-corrected chi connectivity index (χ2v) is 6.99. The topological polar surface area (TPSA) is 56.7 Å². The molecule has 5 heteroatoms. The molecule has 0 saturated carbocycles. The molecule has 0 unspecified atom stereocenters. The van der Waals surface area contributed by atoms with E-state index >= 15 is 0 Å². The van der Waals surface area contributed by atoms with Crippen LogP contribution in [0.2, 0.25) is 0 Å². The maximum absolute atomic E-state index is 6.32. The number of aromatic nitrogens is 3. The van der Waals surface area contributed by atoms with Gasteiger partial charge in [0.05, 0.1) is 10.6 Å². The van der Waals surface area contributed by atoms with Crippen molar-refractivity contribution in [2.75, 3.05) is 5.73 Å². The Morgan fingerprint density at radius 3 is 2.75 bits per heavy atom. The highest BCUT2D eigenvalue weighted by atomic mass is 32.1. The van der Waals surface area contributed by atoms with E-state index in [1.165, 1.54) is 54.5 Å². The molecule has 0 radical (unpaired) electrons. The zero-order chi connectivity index (χ0) is 13.5. The Bertz CT molecular complexity index is 641. The molecule has 0 spiro atoms. The van der Waals surface area contributed by atoms with Gasteiger partial charge in [0.2, 0.25) is 0 Å². The summed E-state index contributed by atoms with van der Waals surface area (Å²) in [6, 6.07) is 0. The lowest BCUT2D eigenvalue weighted by Crippen LogP contribution is -2.06. The van der Waals surface area contributed by atoms with E-state index in [0.717, 1.165) is 36.0 Å². The molecule has 106 valence electrons. The Morgan fingerprint density at radius 1 is 0.950 bits per heavy atom. The van der Waals surface area contributed by atoms with Crippen molar-refractivity contribution in [3.63, 3.8) is 0 Å². The highest BCUT2D eigenvalue weighted by Crippen LogP contribution is 2.42. The minimum Gasteiger partial charge on any atom is -0.390 e. The maximum atomic E-state index is 6.32. The van der Waals surface area contributed by atoms with E-state index in [4.69, 9.17) is 5.73 Å². The molecule has 0 bridgehead atoms. The number of fused-ring (bicyclic) bond motifs is 2. The first kappa shape index (κ1) is 12.4. The normalized spacial score (nSPS) is 18.4. The molecule has 0 amide bonds. The van der Waals surface area contributed by atoms with Gasteiger partial charge in [0.15, 0.2) is 5.82 Å². The molecule has 2 N–H and O–H groups in total. The van der Waals surface area contributed by atoms with Crippen molar-refractivity contribution >= 4 is 16.3 Å². The van der Waals surface area contributed by atoms with Crippen LogP contribution in [0.25, 0.3) is 11.4 Å². The Labute approximate surface area is 123 Å².